The third kappa shape index (κ3) is 3.85. The van der Waals surface area contributed by atoms with E-state index < -0.39 is 5.41 Å². The lowest BCUT2D eigenvalue weighted by molar-refractivity contribution is -0.165. The Morgan fingerprint density at radius 3 is 2.06 bits per heavy atom. The van der Waals surface area contributed by atoms with E-state index in [4.69, 9.17) is 0 Å². The number of nitrogens with one attached hydrogen (secondary N) is 1. The predicted octanol–water partition coefficient (Wildman–Crippen LogP) is 3.11. The molecule has 1 heterocycles. The van der Waals surface area contributed by atoms with Crippen molar-refractivity contribution in [1.82, 2.24) is 15.1 Å². The fourth-order valence-electron chi connectivity index (χ4n) is 7.85. The molecule has 33 heavy (non-hydrogen) atoms. The lowest BCUT2D eigenvalue weighted by Gasteiger charge is -2.62. The van der Waals surface area contributed by atoms with Gasteiger partial charge in [0.2, 0.25) is 17.7 Å². The zero-order valence-corrected chi connectivity index (χ0v) is 20.2. The Kier molecular flexibility index (Phi) is 5.33. The molecule has 1 N–H and O–H groups in total. The molecule has 4 bridgehead atoms. The number of hydrogen-bond donors (Lipinski definition) is 1. The number of rotatable bonds is 4. The molecule has 6 heteroatoms. The van der Waals surface area contributed by atoms with Gasteiger partial charge in [-0.05, 0) is 69.8 Å². The van der Waals surface area contributed by atoms with Crippen LogP contribution in [0.25, 0.3) is 0 Å². The smallest absolute Gasteiger partial charge is 0.232 e. The quantitative estimate of drug-likeness (QED) is 0.765. The summed E-state index contributed by atoms with van der Waals surface area (Å²) in [6.45, 7) is 7.93. The highest BCUT2D eigenvalue weighted by Crippen LogP contribution is 2.62. The Morgan fingerprint density at radius 2 is 1.48 bits per heavy atom. The first-order chi connectivity index (χ1) is 15.6. The van der Waals surface area contributed by atoms with Gasteiger partial charge in [-0.15, -0.1) is 0 Å². The van der Waals surface area contributed by atoms with Gasteiger partial charge in [0.1, 0.15) is 0 Å². The first kappa shape index (κ1) is 22.4. The van der Waals surface area contributed by atoms with Gasteiger partial charge in [-0.25, -0.2) is 0 Å². The molecule has 4 saturated carbocycles. The third-order valence-corrected chi connectivity index (χ3v) is 8.84. The molecular weight excluding hydrogens is 414 g/mol. The van der Waals surface area contributed by atoms with Crippen LogP contribution in [-0.2, 0) is 19.8 Å². The number of benzene rings is 1. The number of piperazine rings is 1. The molecule has 0 radical (unpaired) electrons. The minimum atomic E-state index is -0.585. The van der Waals surface area contributed by atoms with Crippen molar-refractivity contribution in [2.45, 2.75) is 70.3 Å². The lowest BCUT2D eigenvalue weighted by atomic mass is 9.46. The van der Waals surface area contributed by atoms with Gasteiger partial charge in [-0.1, -0.05) is 30.3 Å². The third-order valence-electron chi connectivity index (χ3n) is 8.84. The Bertz CT molecular complexity index is 935. The fourth-order valence-corrected chi connectivity index (χ4v) is 7.85. The Hall–Kier alpha value is -2.37. The average molecular weight is 452 g/mol. The number of amides is 3. The molecule has 4 atom stereocenters. The summed E-state index contributed by atoms with van der Waals surface area (Å²) in [4.78, 5) is 43.1. The van der Waals surface area contributed by atoms with Crippen molar-refractivity contribution in [1.29, 1.82) is 0 Å². The first-order valence-corrected chi connectivity index (χ1v) is 12.6. The summed E-state index contributed by atoms with van der Waals surface area (Å²) >= 11 is 0. The van der Waals surface area contributed by atoms with Crippen molar-refractivity contribution in [3.05, 3.63) is 35.9 Å². The van der Waals surface area contributed by atoms with E-state index in [0.717, 1.165) is 37.7 Å². The molecule has 1 aliphatic heterocycles. The molecule has 5 fully saturated rings. The minimum absolute atomic E-state index is 0.0210. The van der Waals surface area contributed by atoms with E-state index in [9.17, 15) is 14.4 Å². The van der Waals surface area contributed by atoms with Gasteiger partial charge < -0.3 is 15.1 Å². The van der Waals surface area contributed by atoms with Crippen molar-refractivity contribution in [3.8, 4) is 0 Å². The average Bonchev–Trinajstić information content (AvgIpc) is 2.77. The zero-order chi connectivity index (χ0) is 23.4. The molecule has 1 saturated heterocycles. The highest BCUT2D eigenvalue weighted by atomic mass is 16.2. The monoisotopic (exact) mass is 451 g/mol. The predicted molar refractivity (Wildman–Crippen MR) is 126 cm³/mol. The van der Waals surface area contributed by atoms with Crippen LogP contribution in [0, 0.1) is 17.3 Å². The van der Waals surface area contributed by atoms with Crippen LogP contribution in [0.4, 0.5) is 0 Å². The maximum atomic E-state index is 13.9. The maximum absolute atomic E-state index is 13.9. The molecule has 2 unspecified atom stereocenters. The van der Waals surface area contributed by atoms with Crippen LogP contribution >= 0.6 is 0 Å². The largest absolute Gasteiger partial charge is 0.351 e. The molecule has 1 aromatic rings. The summed E-state index contributed by atoms with van der Waals surface area (Å²) in [6.07, 6.45) is 5.95. The van der Waals surface area contributed by atoms with Crippen molar-refractivity contribution in [2.75, 3.05) is 26.2 Å². The molecule has 0 spiro atoms. The van der Waals surface area contributed by atoms with Crippen molar-refractivity contribution in [2.24, 2.45) is 17.3 Å². The van der Waals surface area contributed by atoms with E-state index in [0.29, 0.717) is 38.0 Å². The van der Waals surface area contributed by atoms with Gasteiger partial charge in [0, 0.05) is 38.6 Å². The Labute approximate surface area is 197 Å². The summed E-state index contributed by atoms with van der Waals surface area (Å²) in [5.41, 5.74) is -0.0891. The highest BCUT2D eigenvalue weighted by molar-refractivity contribution is 5.88. The molecular formula is C27H37N3O3. The number of hydrogen-bond acceptors (Lipinski definition) is 3. The Balaban J connectivity index is 1.27. The van der Waals surface area contributed by atoms with Crippen molar-refractivity contribution < 1.29 is 14.4 Å². The molecule has 0 aromatic heterocycles. The second-order valence-electron chi connectivity index (χ2n) is 11.8. The van der Waals surface area contributed by atoms with E-state index in [1.165, 1.54) is 6.42 Å². The summed E-state index contributed by atoms with van der Waals surface area (Å²) in [5.74, 6) is 1.49. The van der Waals surface area contributed by atoms with E-state index in [1.54, 1.807) is 6.92 Å². The zero-order valence-electron chi connectivity index (χ0n) is 20.2. The Morgan fingerprint density at radius 1 is 0.909 bits per heavy atom. The molecule has 5 aliphatic rings. The highest BCUT2D eigenvalue weighted by Gasteiger charge is 2.61. The number of carbonyl (C=O) groups is 3. The van der Waals surface area contributed by atoms with Crippen LogP contribution in [0.15, 0.2) is 30.3 Å². The van der Waals surface area contributed by atoms with Gasteiger partial charge in [-0.3, -0.25) is 14.4 Å². The second-order valence-corrected chi connectivity index (χ2v) is 11.8. The molecule has 4 aliphatic carbocycles. The first-order valence-electron chi connectivity index (χ1n) is 12.6. The molecule has 6 nitrogen and oxygen atoms in total. The summed E-state index contributed by atoms with van der Waals surface area (Å²) in [6, 6.07) is 9.93. The van der Waals surface area contributed by atoms with E-state index in [2.05, 4.69) is 5.32 Å². The van der Waals surface area contributed by atoms with E-state index >= 15 is 0 Å². The number of carbonyl (C=O) groups excluding carboxylic acids is 3. The van der Waals surface area contributed by atoms with Crippen LogP contribution in [0.1, 0.15) is 64.9 Å². The van der Waals surface area contributed by atoms with Crippen LogP contribution in [0.2, 0.25) is 0 Å². The SMILES string of the molecule is CC(=O)NC12C[C@H]3C[C@@H](C1)CC(C(=O)N1CCN(C(=O)C(C)(C)c4ccccc4)CC1)(C3)C2. The van der Waals surface area contributed by atoms with Crippen LogP contribution in [0.5, 0.6) is 0 Å². The van der Waals surface area contributed by atoms with Crippen LogP contribution in [0.3, 0.4) is 0 Å². The van der Waals surface area contributed by atoms with E-state index in [1.807, 2.05) is 54.0 Å². The molecule has 178 valence electrons. The van der Waals surface area contributed by atoms with E-state index in [-0.39, 0.29) is 28.7 Å². The van der Waals surface area contributed by atoms with Gasteiger partial charge in [-0.2, -0.15) is 0 Å². The summed E-state index contributed by atoms with van der Waals surface area (Å²) < 4.78 is 0. The van der Waals surface area contributed by atoms with Gasteiger partial charge in [0.25, 0.3) is 0 Å². The van der Waals surface area contributed by atoms with Crippen molar-refractivity contribution in [3.63, 3.8) is 0 Å². The normalized spacial score (nSPS) is 33.2. The van der Waals surface area contributed by atoms with Crippen molar-refractivity contribution >= 4 is 17.7 Å². The topological polar surface area (TPSA) is 69.7 Å². The fraction of sp³-hybridized carbons (Fsp3) is 0.667. The standard InChI is InChI=1S/C27H37N3O3/c1-19(31)28-27-16-20-13-21(17-27)15-26(14-20,18-27)24(33)30-11-9-29(10-12-30)23(32)25(2,3)22-7-5-4-6-8-22/h4-8,20-21H,9-18H2,1-3H3,(H,28,31)/t20-,21+,26?,27?. The van der Waals surface area contributed by atoms with Gasteiger partial charge in [0.05, 0.1) is 10.8 Å². The second kappa shape index (κ2) is 7.85. The molecule has 3 amide bonds. The molecule has 1 aromatic carbocycles. The van der Waals surface area contributed by atoms with Crippen LogP contribution < -0.4 is 5.32 Å². The van der Waals surface area contributed by atoms with Gasteiger partial charge in [0.15, 0.2) is 0 Å². The molecule has 6 rings (SSSR count). The van der Waals surface area contributed by atoms with Gasteiger partial charge >= 0.3 is 0 Å². The summed E-state index contributed by atoms with van der Waals surface area (Å²) in [5, 5.41) is 3.26. The van der Waals surface area contributed by atoms with Crippen LogP contribution in [-0.4, -0.2) is 59.2 Å². The summed E-state index contributed by atoms with van der Waals surface area (Å²) in [7, 11) is 0. The number of nitrogens with zero attached hydrogens (tertiary/aromatic N) is 2. The maximum Gasteiger partial charge on any atom is 0.232 e. The lowest BCUT2D eigenvalue weighted by Crippen LogP contribution is -2.67. The minimum Gasteiger partial charge on any atom is -0.351 e.